The first-order chi connectivity index (χ1) is 22.0. The van der Waals surface area contributed by atoms with Crippen molar-refractivity contribution in [2.45, 2.75) is 93.9 Å². The van der Waals surface area contributed by atoms with Crippen molar-refractivity contribution in [3.63, 3.8) is 0 Å². The normalized spacial score (nSPS) is 17.4. The van der Waals surface area contributed by atoms with Gasteiger partial charge in [-0.2, -0.15) is 149 Å². The van der Waals surface area contributed by atoms with Gasteiger partial charge in [-0.1, -0.05) is 0 Å². The summed E-state index contributed by atoms with van der Waals surface area (Å²) in [6, 6.07) is 0. The molecule has 0 saturated carbocycles. The van der Waals surface area contributed by atoms with Crippen LogP contribution in [0, 0.1) is 0 Å². The standard InChI is InChI=1S/C16F34O2S/c17-1(18,5(25,26)9(33,34)13(41,42)43)3(21,22)7(29,30)11(37,38)15(47,48)53(51,52)16(49,50)12(39,40)8(31,32)4(23,24)2(19,20)6(27,28)10(35,36)14(44,45)46. The average Bonchev–Trinajstić information content (AvgIpc) is 2.89. The van der Waals surface area contributed by atoms with Crippen molar-refractivity contribution in [2.75, 3.05) is 0 Å². The number of sulfone groups is 1. The second kappa shape index (κ2) is 11.8. The zero-order valence-corrected chi connectivity index (χ0v) is 22.9. The molecule has 0 aromatic carbocycles. The van der Waals surface area contributed by atoms with Crippen molar-refractivity contribution in [1.82, 2.24) is 0 Å². The molecule has 0 aromatic heterocycles. The number of rotatable bonds is 14. The van der Waals surface area contributed by atoms with Crippen molar-refractivity contribution in [2.24, 2.45) is 0 Å². The maximum atomic E-state index is 13.9. The second-order valence-electron chi connectivity index (χ2n) is 9.43. The van der Waals surface area contributed by atoms with E-state index in [2.05, 4.69) is 0 Å². The highest BCUT2D eigenvalue weighted by atomic mass is 32.2. The highest BCUT2D eigenvalue weighted by Crippen LogP contribution is 2.68. The third kappa shape index (κ3) is 5.60. The maximum Gasteiger partial charge on any atom is 0.460 e. The third-order valence-corrected chi connectivity index (χ3v) is 7.92. The van der Waals surface area contributed by atoms with Crippen LogP contribution in [-0.2, 0) is 9.84 Å². The molecule has 0 amide bonds. The van der Waals surface area contributed by atoms with Crippen LogP contribution in [0.5, 0.6) is 0 Å². The molecule has 37 heteroatoms. The summed E-state index contributed by atoms with van der Waals surface area (Å²) in [4.78, 5) is 0. The SMILES string of the molecule is O=S(=O)(C(F)(F)C(F)(F)C(F)(F)C(F)(F)C(F)(F)C(F)(F)C(F)(F)C(F)(F)F)C(F)(F)C(F)(F)C(F)(F)C(F)(F)C(F)(F)C(F)(F)C(F)(F)C(F)(F)F. The van der Waals surface area contributed by atoms with Crippen LogP contribution in [0.2, 0.25) is 0 Å². The second-order valence-corrected chi connectivity index (χ2v) is 11.5. The molecule has 0 rings (SSSR count). The molecule has 0 aromatic rings. The van der Waals surface area contributed by atoms with Crippen molar-refractivity contribution in [3.8, 4) is 0 Å². The molecule has 0 fully saturated rings. The van der Waals surface area contributed by atoms with Crippen LogP contribution in [0.25, 0.3) is 0 Å². The van der Waals surface area contributed by atoms with Crippen LogP contribution in [0.4, 0.5) is 149 Å². The predicted molar refractivity (Wildman–Crippen MR) is 90.3 cm³/mol. The van der Waals surface area contributed by atoms with E-state index >= 15 is 0 Å². The maximum absolute atomic E-state index is 13.9. The molecule has 0 saturated heterocycles. The number of alkyl halides is 34. The van der Waals surface area contributed by atoms with Gasteiger partial charge in [0.1, 0.15) is 0 Å². The Morgan fingerprint density at radius 3 is 0.434 bits per heavy atom. The molecule has 0 N–H and O–H groups in total. The summed E-state index contributed by atoms with van der Waals surface area (Å²) in [6.45, 7) is 0. The Bertz CT molecular complexity index is 1370. The minimum atomic E-state index is -11.1. The Labute approximate surface area is 262 Å². The molecule has 0 heterocycles. The van der Waals surface area contributed by atoms with Gasteiger partial charge in [0.15, 0.2) is 0 Å². The lowest BCUT2D eigenvalue weighted by atomic mass is 9.91. The summed E-state index contributed by atoms with van der Waals surface area (Å²) in [5.74, 6) is -116. The molecule has 0 unspecified atom stereocenters. The van der Waals surface area contributed by atoms with Crippen molar-refractivity contribution < 1.29 is 158 Å². The zero-order chi connectivity index (χ0) is 44.5. The Morgan fingerprint density at radius 1 is 0.189 bits per heavy atom. The van der Waals surface area contributed by atoms with Crippen LogP contribution < -0.4 is 0 Å². The first-order valence-corrected chi connectivity index (χ1v) is 12.2. The molecule has 53 heavy (non-hydrogen) atoms. The van der Waals surface area contributed by atoms with Crippen LogP contribution in [0.3, 0.4) is 0 Å². The van der Waals surface area contributed by atoms with Gasteiger partial charge in [-0.25, -0.2) is 8.42 Å². The predicted octanol–water partition coefficient (Wildman–Crippen LogP) is 10.3. The third-order valence-electron chi connectivity index (χ3n) is 6.06. The van der Waals surface area contributed by atoms with Crippen LogP contribution in [0.1, 0.15) is 0 Å². The summed E-state index contributed by atoms with van der Waals surface area (Å²) < 4.78 is 471. The van der Waals surface area contributed by atoms with Crippen LogP contribution in [0.15, 0.2) is 0 Å². The highest BCUT2D eigenvalue weighted by molar-refractivity contribution is 7.93. The summed E-state index contributed by atoms with van der Waals surface area (Å²) in [5.41, 5.74) is 0. The quantitative estimate of drug-likeness (QED) is 0.163. The molecule has 0 spiro atoms. The summed E-state index contributed by atoms with van der Waals surface area (Å²) in [7, 11) is -11.1. The minimum Gasteiger partial charge on any atom is -0.216 e. The smallest absolute Gasteiger partial charge is 0.216 e. The first kappa shape index (κ1) is 50.6. The molecule has 0 aliphatic rings. The van der Waals surface area contributed by atoms with Crippen molar-refractivity contribution in [3.05, 3.63) is 0 Å². The fourth-order valence-electron chi connectivity index (χ4n) is 2.80. The van der Waals surface area contributed by atoms with E-state index in [0.29, 0.717) is 0 Å². The van der Waals surface area contributed by atoms with Gasteiger partial charge in [0.25, 0.3) is 9.84 Å². The fourth-order valence-corrected chi connectivity index (χ4v) is 4.05. The summed E-state index contributed by atoms with van der Waals surface area (Å²) in [5, 5.41) is -20.1. The van der Waals surface area contributed by atoms with E-state index in [9.17, 15) is 158 Å². The van der Waals surface area contributed by atoms with Crippen LogP contribution >= 0.6 is 0 Å². The van der Waals surface area contributed by atoms with Gasteiger partial charge < -0.3 is 0 Å². The Hall–Kier alpha value is -2.43. The van der Waals surface area contributed by atoms with E-state index < -0.39 is 104 Å². The Kier molecular flexibility index (Phi) is 11.3. The van der Waals surface area contributed by atoms with Gasteiger partial charge in [0.2, 0.25) is 0 Å². The topological polar surface area (TPSA) is 34.1 Å². The number of halogens is 34. The molecular weight excluding hydrogens is 902 g/mol. The molecule has 0 radical (unpaired) electrons. The molecule has 2 nitrogen and oxygen atoms in total. The molecule has 320 valence electrons. The lowest BCUT2D eigenvalue weighted by molar-refractivity contribution is -0.460. The minimum absolute atomic E-state index is 8.41. The Balaban J connectivity index is 7.82. The van der Waals surface area contributed by atoms with E-state index in [1.165, 1.54) is 0 Å². The van der Waals surface area contributed by atoms with Crippen molar-refractivity contribution >= 4 is 9.84 Å². The monoisotopic (exact) mass is 902 g/mol. The molecule has 0 aliphatic heterocycles. The van der Waals surface area contributed by atoms with Gasteiger partial charge >= 0.3 is 93.9 Å². The summed E-state index contributed by atoms with van der Waals surface area (Å²) >= 11 is 0. The van der Waals surface area contributed by atoms with E-state index in [0.717, 1.165) is 0 Å². The van der Waals surface area contributed by atoms with Crippen LogP contribution in [-0.4, -0.2) is 102 Å². The van der Waals surface area contributed by atoms with Gasteiger partial charge in [-0.05, 0) is 0 Å². The Morgan fingerprint density at radius 2 is 0.302 bits per heavy atom. The van der Waals surface area contributed by atoms with E-state index in [1.807, 2.05) is 0 Å². The van der Waals surface area contributed by atoms with E-state index in [1.54, 1.807) is 0 Å². The van der Waals surface area contributed by atoms with Gasteiger partial charge in [-0.3, -0.25) is 0 Å². The molecular formula is C16F34O2S. The van der Waals surface area contributed by atoms with E-state index in [4.69, 9.17) is 0 Å². The van der Waals surface area contributed by atoms with Gasteiger partial charge in [0, 0.05) is 0 Å². The lowest BCUT2D eigenvalue weighted by Gasteiger charge is -2.44. The first-order valence-electron chi connectivity index (χ1n) is 10.7. The number of hydrogen-bond acceptors (Lipinski definition) is 2. The average molecular weight is 902 g/mol. The largest absolute Gasteiger partial charge is 0.460 e. The highest BCUT2D eigenvalue weighted by Gasteiger charge is 3.00. The molecule has 0 bridgehead atoms. The lowest BCUT2D eigenvalue weighted by Crippen LogP contribution is -2.77. The van der Waals surface area contributed by atoms with Gasteiger partial charge in [-0.15, -0.1) is 0 Å². The summed E-state index contributed by atoms with van der Waals surface area (Å²) in [6.07, 6.45) is -16.8. The van der Waals surface area contributed by atoms with Crippen molar-refractivity contribution in [1.29, 1.82) is 0 Å². The molecule has 0 atom stereocenters. The number of hydrogen-bond donors (Lipinski definition) is 0. The zero-order valence-electron chi connectivity index (χ0n) is 22.1. The molecule has 0 aliphatic carbocycles. The van der Waals surface area contributed by atoms with E-state index in [-0.39, 0.29) is 0 Å². The van der Waals surface area contributed by atoms with Gasteiger partial charge in [0.05, 0.1) is 0 Å². The fraction of sp³-hybridized carbons (Fsp3) is 1.00.